The minimum absolute atomic E-state index is 0.602. The highest BCUT2D eigenvalue weighted by atomic mass is 28.5. The van der Waals surface area contributed by atoms with Crippen LogP contribution in [0.4, 0.5) is 0 Å². The Kier molecular flexibility index (Phi) is 11.9. The summed E-state index contributed by atoms with van der Waals surface area (Å²) in [6.07, 6.45) is 0. The third kappa shape index (κ3) is 8.04. The molecule has 0 saturated carbocycles. The molecule has 4 atom stereocenters. The Bertz CT molecular complexity index is 455. The first-order valence-corrected chi connectivity index (χ1v) is 23.1. The fraction of sp³-hybridized carbons (Fsp3) is 1.00. The van der Waals surface area contributed by atoms with Gasteiger partial charge in [-0.2, -0.15) is 0 Å². The first-order chi connectivity index (χ1) is 14.0. The van der Waals surface area contributed by atoms with Gasteiger partial charge in [-0.3, -0.25) is 0 Å². The minimum Gasteiger partial charge on any atom is -0.420 e. The zero-order valence-corrected chi connectivity index (χ0v) is 26.4. The van der Waals surface area contributed by atoms with Gasteiger partial charge in [0.1, 0.15) is 0 Å². The quantitative estimate of drug-likeness (QED) is 0.343. The monoisotopic (exact) mass is 536 g/mol. The van der Waals surface area contributed by atoms with Crippen molar-refractivity contribution in [3.05, 3.63) is 0 Å². The van der Waals surface area contributed by atoms with Crippen LogP contribution in [-0.4, -0.2) is 96.0 Å². The zero-order valence-electron chi connectivity index (χ0n) is 20.1. The van der Waals surface area contributed by atoms with Crippen molar-refractivity contribution in [2.24, 2.45) is 0 Å². The van der Waals surface area contributed by atoms with Crippen LogP contribution < -0.4 is 0 Å². The van der Waals surface area contributed by atoms with Gasteiger partial charge in [-0.15, -0.1) is 0 Å². The summed E-state index contributed by atoms with van der Waals surface area (Å²) in [6, 6.07) is 2.53. The molecule has 0 aromatic carbocycles. The molecule has 16 heteroatoms. The van der Waals surface area contributed by atoms with Gasteiger partial charge in [-0.1, -0.05) is 0 Å². The Labute approximate surface area is 189 Å². The SMILES string of the molecule is CO[Si](CC[Si]1(C)O[SiH](C)O[SiH](C)O[Si](C)(CC[Si](OC)(OC)OC)O1)(OC)OC. The van der Waals surface area contributed by atoms with E-state index >= 15 is 0 Å². The second kappa shape index (κ2) is 12.4. The smallest absolute Gasteiger partial charge is 0.420 e. The molecule has 0 aliphatic carbocycles. The second-order valence-corrected chi connectivity index (χ2v) is 25.2. The van der Waals surface area contributed by atoms with E-state index in [9.17, 15) is 0 Å². The van der Waals surface area contributed by atoms with E-state index in [1.54, 1.807) is 42.7 Å². The normalized spacial score (nSPS) is 31.4. The van der Waals surface area contributed by atoms with E-state index in [0.29, 0.717) is 24.2 Å². The summed E-state index contributed by atoms with van der Waals surface area (Å²) >= 11 is 0. The Balaban J connectivity index is 3.06. The Morgan fingerprint density at radius 1 is 0.633 bits per heavy atom. The van der Waals surface area contributed by atoms with Crippen molar-refractivity contribution < 1.29 is 43.0 Å². The topological polar surface area (TPSA) is 92.3 Å². The lowest BCUT2D eigenvalue weighted by atomic mass is 10.9. The maximum absolute atomic E-state index is 6.80. The van der Waals surface area contributed by atoms with E-state index in [0.717, 1.165) is 0 Å². The fourth-order valence-corrected chi connectivity index (χ4v) is 27.8. The number of hydrogen-bond acceptors (Lipinski definition) is 10. The van der Waals surface area contributed by atoms with Crippen molar-refractivity contribution in [3.8, 4) is 0 Å². The lowest BCUT2D eigenvalue weighted by Crippen LogP contribution is -2.60. The molecule has 0 amide bonds. The Morgan fingerprint density at radius 2 is 0.933 bits per heavy atom. The van der Waals surface area contributed by atoms with E-state index in [1.165, 1.54) is 0 Å². The Hall–Kier alpha value is 0.901. The van der Waals surface area contributed by atoms with Crippen LogP contribution in [0.15, 0.2) is 0 Å². The standard InChI is InChI=1S/C14H40O10Si6/c1-15-29(16-2,17-3)13-11-27(9)22-25(7)21-26(8)23-28(10,24-27)12-14-30(18-4,19-5)20-6/h25-26H,11-14H2,1-10H3. The van der Waals surface area contributed by atoms with Crippen LogP contribution in [0.5, 0.6) is 0 Å². The van der Waals surface area contributed by atoms with E-state index < -0.39 is 53.3 Å². The van der Waals surface area contributed by atoms with E-state index in [1.807, 2.05) is 13.1 Å². The van der Waals surface area contributed by atoms with E-state index in [-0.39, 0.29) is 0 Å². The molecule has 0 spiro atoms. The van der Waals surface area contributed by atoms with E-state index in [4.69, 9.17) is 43.0 Å². The van der Waals surface area contributed by atoms with Crippen molar-refractivity contribution >= 4 is 53.3 Å². The molecule has 1 rings (SSSR count). The van der Waals surface area contributed by atoms with Gasteiger partial charge in [0.05, 0.1) is 0 Å². The fourth-order valence-electron chi connectivity index (χ4n) is 3.62. The van der Waals surface area contributed by atoms with Gasteiger partial charge in [0.25, 0.3) is 18.6 Å². The summed E-state index contributed by atoms with van der Waals surface area (Å²) in [5.74, 6) is 0. The van der Waals surface area contributed by atoms with Gasteiger partial charge >= 0.3 is 34.7 Å². The molecule has 1 heterocycles. The largest absolute Gasteiger partial charge is 0.500 e. The second-order valence-electron chi connectivity index (χ2n) is 7.47. The first-order valence-electron chi connectivity index (χ1n) is 10.0. The maximum atomic E-state index is 6.80. The molecule has 1 fully saturated rings. The van der Waals surface area contributed by atoms with Crippen LogP contribution >= 0.6 is 0 Å². The zero-order chi connectivity index (χ0) is 23.1. The lowest BCUT2D eigenvalue weighted by molar-refractivity contribution is 0.123. The highest BCUT2D eigenvalue weighted by Gasteiger charge is 2.51. The highest BCUT2D eigenvalue weighted by Crippen LogP contribution is 2.33. The van der Waals surface area contributed by atoms with Crippen molar-refractivity contribution in [2.75, 3.05) is 42.7 Å². The molecule has 180 valence electrons. The van der Waals surface area contributed by atoms with Crippen molar-refractivity contribution in [2.45, 2.75) is 50.4 Å². The van der Waals surface area contributed by atoms with Crippen molar-refractivity contribution in [3.63, 3.8) is 0 Å². The molecule has 4 unspecified atom stereocenters. The maximum Gasteiger partial charge on any atom is 0.500 e. The summed E-state index contributed by atoms with van der Waals surface area (Å²) in [6.45, 7) is 8.19. The van der Waals surface area contributed by atoms with Crippen LogP contribution in [0.3, 0.4) is 0 Å². The van der Waals surface area contributed by atoms with Crippen molar-refractivity contribution in [1.29, 1.82) is 0 Å². The van der Waals surface area contributed by atoms with Gasteiger partial charge in [0.15, 0.2) is 0 Å². The van der Waals surface area contributed by atoms with E-state index in [2.05, 4.69) is 13.1 Å². The summed E-state index contributed by atoms with van der Waals surface area (Å²) < 4.78 is 59.5. The third-order valence-corrected chi connectivity index (χ3v) is 27.2. The lowest BCUT2D eigenvalue weighted by Gasteiger charge is -2.43. The number of rotatable bonds is 12. The molecule has 10 nitrogen and oxygen atoms in total. The molecular formula is C14H40O10Si6. The summed E-state index contributed by atoms with van der Waals surface area (Å²) in [4.78, 5) is 0. The highest BCUT2D eigenvalue weighted by molar-refractivity contribution is 6.87. The molecule has 0 aromatic rings. The molecule has 1 aliphatic heterocycles. The molecule has 1 aliphatic rings. The third-order valence-electron chi connectivity index (χ3n) is 5.28. The Morgan fingerprint density at radius 3 is 1.20 bits per heavy atom. The first kappa shape index (κ1) is 28.9. The molecular weight excluding hydrogens is 497 g/mol. The predicted octanol–water partition coefficient (Wildman–Crippen LogP) is 1.67. The average molecular weight is 537 g/mol. The predicted molar refractivity (Wildman–Crippen MR) is 126 cm³/mol. The molecule has 0 N–H and O–H groups in total. The summed E-state index contributed by atoms with van der Waals surface area (Å²) in [5, 5.41) is 0. The summed E-state index contributed by atoms with van der Waals surface area (Å²) in [5.41, 5.74) is 0. The van der Waals surface area contributed by atoms with Gasteiger partial charge in [0.2, 0.25) is 0 Å². The van der Waals surface area contributed by atoms with Crippen molar-refractivity contribution in [1.82, 2.24) is 0 Å². The summed E-state index contributed by atoms with van der Waals surface area (Å²) in [7, 11) is -4.84. The average Bonchev–Trinajstić information content (AvgIpc) is 2.69. The van der Waals surface area contributed by atoms with Gasteiger partial charge in [-0.25, -0.2) is 0 Å². The van der Waals surface area contributed by atoms with Gasteiger partial charge in [0, 0.05) is 54.7 Å². The van der Waals surface area contributed by atoms with Crippen LogP contribution in [0.25, 0.3) is 0 Å². The molecule has 1 saturated heterocycles. The minimum atomic E-state index is -2.75. The molecule has 0 aromatic heterocycles. The van der Waals surface area contributed by atoms with Crippen LogP contribution in [0.1, 0.15) is 0 Å². The number of hydrogen-bond donors (Lipinski definition) is 0. The molecule has 0 bridgehead atoms. The van der Waals surface area contributed by atoms with Gasteiger partial charge in [-0.05, 0) is 38.3 Å². The van der Waals surface area contributed by atoms with Gasteiger partial charge < -0.3 is 43.0 Å². The van der Waals surface area contributed by atoms with Crippen LogP contribution in [0, 0.1) is 0 Å². The molecule has 0 radical (unpaired) electrons. The van der Waals surface area contributed by atoms with Crippen LogP contribution in [-0.2, 0) is 43.0 Å². The van der Waals surface area contributed by atoms with Crippen LogP contribution in [0.2, 0.25) is 50.4 Å². The molecule has 30 heavy (non-hydrogen) atoms.